The Kier molecular flexibility index (Phi) is 4.29. The number of methoxy groups -OCH3 is 1. The number of hydrogen-bond acceptors (Lipinski definition) is 5. The van der Waals surface area contributed by atoms with Gasteiger partial charge in [-0.25, -0.2) is 0 Å². The minimum absolute atomic E-state index is 0.116. The molecule has 1 saturated carbocycles. The fraction of sp³-hybridized carbons (Fsp3) is 0.333. The normalized spacial score (nSPS) is 13.6. The molecule has 0 heterocycles. The maximum absolute atomic E-state index is 11.0. The van der Waals surface area contributed by atoms with E-state index in [9.17, 15) is 15.2 Å². The minimum atomic E-state index is -0.356. The number of phenols is 1. The topological polar surface area (TPSA) is 75.8 Å². The van der Waals surface area contributed by atoms with Crippen molar-refractivity contribution in [1.82, 2.24) is 0 Å². The lowest BCUT2D eigenvalue weighted by Crippen LogP contribution is -2.25. The lowest BCUT2D eigenvalue weighted by atomic mass is 10.1. The van der Waals surface area contributed by atoms with E-state index in [0.717, 1.165) is 24.1 Å². The van der Waals surface area contributed by atoms with Crippen LogP contribution in [0.5, 0.6) is 11.5 Å². The largest absolute Gasteiger partial charge is 0.504 e. The van der Waals surface area contributed by atoms with Crippen LogP contribution in [0.25, 0.3) is 0 Å². The first-order valence-corrected chi connectivity index (χ1v) is 7.87. The van der Waals surface area contributed by atoms with Gasteiger partial charge in [0.2, 0.25) is 0 Å². The number of nitrogens with zero attached hydrogens (tertiary/aromatic N) is 2. The Morgan fingerprint density at radius 3 is 2.62 bits per heavy atom. The van der Waals surface area contributed by atoms with E-state index in [0.29, 0.717) is 23.9 Å². The van der Waals surface area contributed by atoms with Crippen LogP contribution < -0.4 is 9.64 Å². The van der Waals surface area contributed by atoms with Gasteiger partial charge < -0.3 is 14.7 Å². The quantitative estimate of drug-likeness (QED) is 0.645. The van der Waals surface area contributed by atoms with Crippen LogP contribution in [0.3, 0.4) is 0 Å². The summed E-state index contributed by atoms with van der Waals surface area (Å²) in [7, 11) is 1.52. The maximum Gasteiger partial charge on any atom is 0.272 e. The van der Waals surface area contributed by atoms with Crippen LogP contribution in [0.2, 0.25) is 0 Å². The van der Waals surface area contributed by atoms with Gasteiger partial charge in [-0.1, -0.05) is 6.07 Å². The summed E-state index contributed by atoms with van der Waals surface area (Å²) in [6.07, 6.45) is 2.23. The first-order chi connectivity index (χ1) is 11.5. The Balaban J connectivity index is 1.88. The van der Waals surface area contributed by atoms with Gasteiger partial charge >= 0.3 is 0 Å². The SMILES string of the molecule is COc1cc(CN(c2ccc([N+](=O)[O-])c(C)c2)C2CC2)ccc1O. The van der Waals surface area contributed by atoms with Gasteiger partial charge in [0.1, 0.15) is 0 Å². The monoisotopic (exact) mass is 328 g/mol. The first kappa shape index (κ1) is 16.1. The Morgan fingerprint density at radius 2 is 2.04 bits per heavy atom. The molecule has 0 atom stereocenters. The zero-order chi connectivity index (χ0) is 17.3. The van der Waals surface area contributed by atoms with Gasteiger partial charge in [-0.2, -0.15) is 0 Å². The van der Waals surface area contributed by atoms with Crippen molar-refractivity contribution < 1.29 is 14.8 Å². The Morgan fingerprint density at radius 1 is 1.29 bits per heavy atom. The molecule has 0 amide bonds. The molecule has 0 aromatic heterocycles. The molecule has 2 aromatic carbocycles. The molecular weight excluding hydrogens is 308 g/mol. The van der Waals surface area contributed by atoms with Gasteiger partial charge in [0.05, 0.1) is 12.0 Å². The molecule has 1 N–H and O–H groups in total. The fourth-order valence-corrected chi connectivity index (χ4v) is 2.86. The smallest absolute Gasteiger partial charge is 0.272 e. The maximum atomic E-state index is 11.0. The van der Waals surface area contributed by atoms with E-state index in [1.54, 1.807) is 25.1 Å². The number of hydrogen-bond donors (Lipinski definition) is 1. The minimum Gasteiger partial charge on any atom is -0.504 e. The molecule has 3 rings (SSSR count). The van der Waals surface area contributed by atoms with Crippen LogP contribution in [-0.2, 0) is 6.54 Å². The van der Waals surface area contributed by atoms with Crippen molar-refractivity contribution in [2.45, 2.75) is 32.4 Å². The van der Waals surface area contributed by atoms with Gasteiger partial charge in [-0.3, -0.25) is 10.1 Å². The third-order valence-corrected chi connectivity index (χ3v) is 4.29. The van der Waals surface area contributed by atoms with E-state index >= 15 is 0 Å². The van der Waals surface area contributed by atoms with Crippen molar-refractivity contribution in [2.24, 2.45) is 0 Å². The van der Waals surface area contributed by atoms with Crippen LogP contribution in [-0.4, -0.2) is 23.2 Å². The molecule has 6 nitrogen and oxygen atoms in total. The average Bonchev–Trinajstić information content (AvgIpc) is 3.38. The predicted octanol–water partition coefficient (Wildman–Crippen LogP) is 3.79. The molecule has 0 radical (unpaired) electrons. The van der Waals surface area contributed by atoms with Gasteiger partial charge in [0.25, 0.3) is 5.69 Å². The molecule has 0 unspecified atom stereocenters. The number of nitro groups is 1. The lowest BCUT2D eigenvalue weighted by Gasteiger charge is -2.25. The first-order valence-electron chi connectivity index (χ1n) is 7.87. The fourth-order valence-electron chi connectivity index (χ4n) is 2.86. The summed E-state index contributed by atoms with van der Waals surface area (Å²) < 4.78 is 5.17. The number of ether oxygens (including phenoxy) is 1. The molecule has 0 saturated heterocycles. The van der Waals surface area contributed by atoms with Crippen molar-refractivity contribution in [3.63, 3.8) is 0 Å². The number of aromatic hydroxyl groups is 1. The predicted molar refractivity (Wildman–Crippen MR) is 91.7 cm³/mol. The van der Waals surface area contributed by atoms with E-state index in [1.807, 2.05) is 18.2 Å². The van der Waals surface area contributed by atoms with E-state index in [4.69, 9.17) is 4.74 Å². The number of aryl methyl sites for hydroxylation is 1. The van der Waals surface area contributed by atoms with Crippen molar-refractivity contribution in [3.8, 4) is 11.5 Å². The van der Waals surface area contributed by atoms with Gasteiger partial charge in [-0.15, -0.1) is 0 Å². The van der Waals surface area contributed by atoms with Gasteiger partial charge in [0.15, 0.2) is 11.5 Å². The van der Waals surface area contributed by atoms with E-state index < -0.39 is 0 Å². The Bertz CT molecular complexity index is 772. The summed E-state index contributed by atoms with van der Waals surface area (Å²) in [5.41, 5.74) is 2.80. The Labute approximate surface area is 140 Å². The third kappa shape index (κ3) is 3.27. The number of nitro benzene ring substituents is 1. The average molecular weight is 328 g/mol. The third-order valence-electron chi connectivity index (χ3n) is 4.29. The van der Waals surface area contributed by atoms with Crippen molar-refractivity contribution in [1.29, 1.82) is 0 Å². The highest BCUT2D eigenvalue weighted by Crippen LogP contribution is 2.36. The standard InChI is InChI=1S/C18H20N2O4/c1-12-9-15(6-7-16(12)20(22)23)19(14-4-5-14)11-13-3-8-17(21)18(10-13)24-2/h3,6-10,14,21H,4-5,11H2,1-2H3. The van der Waals surface area contributed by atoms with Crippen LogP contribution in [0.1, 0.15) is 24.0 Å². The Hall–Kier alpha value is -2.76. The highest BCUT2D eigenvalue weighted by Gasteiger charge is 2.30. The number of rotatable bonds is 6. The zero-order valence-corrected chi connectivity index (χ0v) is 13.7. The van der Waals surface area contributed by atoms with Crippen molar-refractivity contribution >= 4 is 11.4 Å². The van der Waals surface area contributed by atoms with Crippen molar-refractivity contribution in [3.05, 3.63) is 57.6 Å². The van der Waals surface area contributed by atoms with E-state index in [-0.39, 0.29) is 16.4 Å². The molecule has 0 bridgehead atoms. The molecular formula is C18H20N2O4. The summed E-state index contributed by atoms with van der Waals surface area (Å²) >= 11 is 0. The molecule has 0 spiro atoms. The highest BCUT2D eigenvalue weighted by atomic mass is 16.6. The summed E-state index contributed by atoms with van der Waals surface area (Å²) in [4.78, 5) is 12.9. The molecule has 0 aliphatic heterocycles. The van der Waals surface area contributed by atoms with Crippen LogP contribution >= 0.6 is 0 Å². The number of anilines is 1. The zero-order valence-electron chi connectivity index (χ0n) is 13.7. The van der Waals surface area contributed by atoms with E-state index in [2.05, 4.69) is 4.90 Å². The van der Waals surface area contributed by atoms with Gasteiger partial charge in [0, 0.05) is 29.9 Å². The molecule has 1 fully saturated rings. The van der Waals surface area contributed by atoms with E-state index in [1.165, 1.54) is 7.11 Å². The molecule has 2 aromatic rings. The number of phenolic OH excluding ortho intramolecular Hbond substituents is 1. The molecule has 1 aliphatic rings. The molecule has 24 heavy (non-hydrogen) atoms. The summed E-state index contributed by atoms with van der Waals surface area (Å²) in [5, 5.41) is 20.7. The molecule has 1 aliphatic carbocycles. The number of benzene rings is 2. The van der Waals surface area contributed by atoms with Crippen LogP contribution in [0, 0.1) is 17.0 Å². The lowest BCUT2D eigenvalue weighted by molar-refractivity contribution is -0.385. The highest BCUT2D eigenvalue weighted by molar-refractivity contribution is 5.57. The summed E-state index contributed by atoms with van der Waals surface area (Å²) in [5.74, 6) is 0.563. The summed E-state index contributed by atoms with van der Waals surface area (Å²) in [6, 6.07) is 11.0. The van der Waals surface area contributed by atoms with Gasteiger partial charge in [-0.05, 0) is 49.6 Å². The summed E-state index contributed by atoms with van der Waals surface area (Å²) in [6.45, 7) is 2.43. The second kappa shape index (κ2) is 6.39. The second-order valence-corrected chi connectivity index (χ2v) is 6.09. The molecule has 6 heteroatoms. The van der Waals surface area contributed by atoms with Crippen molar-refractivity contribution in [2.75, 3.05) is 12.0 Å². The van der Waals surface area contributed by atoms with Crippen LogP contribution in [0.4, 0.5) is 11.4 Å². The second-order valence-electron chi connectivity index (χ2n) is 6.09. The van der Waals surface area contributed by atoms with Crippen LogP contribution in [0.15, 0.2) is 36.4 Å². The molecule has 126 valence electrons.